The van der Waals surface area contributed by atoms with Gasteiger partial charge in [0.15, 0.2) is 0 Å². The molecule has 0 aromatic heterocycles. The number of methoxy groups -OCH3 is 1. The molecular weight excluding hydrogens is 254 g/mol. The topological polar surface area (TPSA) is 61.7 Å². The van der Waals surface area contributed by atoms with E-state index in [1.807, 2.05) is 39.0 Å². The first kappa shape index (κ1) is 17.0. The molecule has 0 bridgehead atoms. The SMILES string of the molecule is COc1ccc(C)cc1C(O)C(NCC(C)O)C(C)C. The average molecular weight is 281 g/mol. The van der Waals surface area contributed by atoms with E-state index in [0.29, 0.717) is 12.3 Å². The molecule has 0 saturated carbocycles. The van der Waals surface area contributed by atoms with E-state index < -0.39 is 12.2 Å². The van der Waals surface area contributed by atoms with Gasteiger partial charge in [0.25, 0.3) is 0 Å². The van der Waals surface area contributed by atoms with Gasteiger partial charge in [-0.05, 0) is 31.9 Å². The van der Waals surface area contributed by atoms with E-state index in [0.717, 1.165) is 11.1 Å². The van der Waals surface area contributed by atoms with Gasteiger partial charge in [-0.15, -0.1) is 0 Å². The molecule has 3 atom stereocenters. The molecule has 0 aliphatic rings. The van der Waals surface area contributed by atoms with E-state index in [4.69, 9.17) is 4.74 Å². The van der Waals surface area contributed by atoms with Gasteiger partial charge in [-0.3, -0.25) is 0 Å². The standard InChI is InChI=1S/C16H27NO3/c1-10(2)15(17-9-12(4)18)16(19)13-8-11(3)6-7-14(13)20-5/h6-8,10,12,15-19H,9H2,1-5H3. The molecule has 1 rings (SSSR count). The Bertz CT molecular complexity index is 418. The van der Waals surface area contributed by atoms with Crippen LogP contribution in [0.2, 0.25) is 0 Å². The van der Waals surface area contributed by atoms with Crippen molar-refractivity contribution in [1.82, 2.24) is 5.32 Å². The zero-order valence-electron chi connectivity index (χ0n) is 13.1. The van der Waals surface area contributed by atoms with Crippen molar-refractivity contribution < 1.29 is 14.9 Å². The number of aryl methyl sites for hydroxylation is 1. The fourth-order valence-corrected chi connectivity index (χ4v) is 2.30. The van der Waals surface area contributed by atoms with Gasteiger partial charge in [0.05, 0.1) is 19.3 Å². The minimum Gasteiger partial charge on any atom is -0.496 e. The Labute approximate surface area is 121 Å². The number of rotatable bonds is 7. The number of nitrogens with one attached hydrogen (secondary N) is 1. The number of aliphatic hydroxyl groups is 2. The van der Waals surface area contributed by atoms with Crippen molar-refractivity contribution in [3.63, 3.8) is 0 Å². The predicted octanol–water partition coefficient (Wildman–Crippen LogP) is 2.03. The van der Waals surface area contributed by atoms with E-state index in [9.17, 15) is 10.2 Å². The van der Waals surface area contributed by atoms with Gasteiger partial charge in [-0.25, -0.2) is 0 Å². The lowest BCUT2D eigenvalue weighted by Gasteiger charge is -2.29. The molecule has 1 aromatic rings. The fourth-order valence-electron chi connectivity index (χ4n) is 2.30. The summed E-state index contributed by atoms with van der Waals surface area (Å²) in [4.78, 5) is 0. The molecule has 0 amide bonds. The monoisotopic (exact) mass is 281 g/mol. The van der Waals surface area contributed by atoms with Crippen molar-refractivity contribution in [1.29, 1.82) is 0 Å². The zero-order chi connectivity index (χ0) is 15.3. The predicted molar refractivity (Wildman–Crippen MR) is 81.0 cm³/mol. The van der Waals surface area contributed by atoms with Gasteiger partial charge in [-0.2, -0.15) is 0 Å². The summed E-state index contributed by atoms with van der Waals surface area (Å²) in [6.45, 7) is 8.26. The molecule has 3 N–H and O–H groups in total. The maximum Gasteiger partial charge on any atom is 0.124 e. The maximum atomic E-state index is 10.7. The highest BCUT2D eigenvalue weighted by atomic mass is 16.5. The molecule has 0 fully saturated rings. The van der Waals surface area contributed by atoms with Crippen molar-refractivity contribution >= 4 is 0 Å². The molecule has 4 heteroatoms. The number of aliphatic hydroxyl groups excluding tert-OH is 2. The van der Waals surface area contributed by atoms with Gasteiger partial charge in [0.2, 0.25) is 0 Å². The smallest absolute Gasteiger partial charge is 0.124 e. The summed E-state index contributed by atoms with van der Waals surface area (Å²) in [6.07, 6.45) is -1.12. The average Bonchev–Trinajstić information content (AvgIpc) is 2.37. The molecule has 0 aliphatic heterocycles. The van der Waals surface area contributed by atoms with Crippen molar-refractivity contribution in [3.8, 4) is 5.75 Å². The molecule has 0 aliphatic carbocycles. The second kappa shape index (κ2) is 7.62. The molecule has 3 unspecified atom stereocenters. The Morgan fingerprint density at radius 3 is 2.35 bits per heavy atom. The number of benzene rings is 1. The number of ether oxygens (including phenoxy) is 1. The quantitative estimate of drug-likeness (QED) is 0.715. The second-order valence-electron chi connectivity index (χ2n) is 5.72. The van der Waals surface area contributed by atoms with Crippen molar-refractivity contribution in [2.75, 3.05) is 13.7 Å². The van der Waals surface area contributed by atoms with Crippen LogP contribution in [0.4, 0.5) is 0 Å². The summed E-state index contributed by atoms with van der Waals surface area (Å²) in [6, 6.07) is 5.64. The fraction of sp³-hybridized carbons (Fsp3) is 0.625. The molecule has 4 nitrogen and oxygen atoms in total. The second-order valence-corrected chi connectivity index (χ2v) is 5.72. The van der Waals surface area contributed by atoms with E-state index in [-0.39, 0.29) is 12.0 Å². The van der Waals surface area contributed by atoms with Crippen LogP contribution in [-0.2, 0) is 0 Å². The summed E-state index contributed by atoms with van der Waals surface area (Å²) in [5.74, 6) is 0.918. The largest absolute Gasteiger partial charge is 0.496 e. The summed E-state index contributed by atoms with van der Waals surface area (Å²) >= 11 is 0. The summed E-state index contributed by atoms with van der Waals surface area (Å²) in [7, 11) is 1.61. The number of hydrogen-bond donors (Lipinski definition) is 3. The molecular formula is C16H27NO3. The van der Waals surface area contributed by atoms with E-state index in [2.05, 4.69) is 5.32 Å². The van der Waals surface area contributed by atoms with Crippen molar-refractivity contribution in [2.24, 2.45) is 5.92 Å². The molecule has 0 saturated heterocycles. The lowest BCUT2D eigenvalue weighted by Crippen LogP contribution is -2.42. The van der Waals surface area contributed by atoms with Crippen LogP contribution in [0.1, 0.15) is 38.0 Å². The van der Waals surface area contributed by atoms with Gasteiger partial charge in [-0.1, -0.05) is 25.5 Å². The Kier molecular flexibility index (Phi) is 6.46. The van der Waals surface area contributed by atoms with E-state index >= 15 is 0 Å². The minimum absolute atomic E-state index is 0.139. The van der Waals surface area contributed by atoms with Crippen LogP contribution in [0.25, 0.3) is 0 Å². The lowest BCUT2D eigenvalue weighted by molar-refractivity contribution is 0.0909. The third-order valence-corrected chi connectivity index (χ3v) is 3.41. The van der Waals surface area contributed by atoms with Crippen LogP contribution < -0.4 is 10.1 Å². The molecule has 0 heterocycles. The lowest BCUT2D eigenvalue weighted by atomic mass is 9.92. The summed E-state index contributed by atoms with van der Waals surface area (Å²) in [5, 5.41) is 23.3. The summed E-state index contributed by atoms with van der Waals surface area (Å²) in [5.41, 5.74) is 1.86. The third-order valence-electron chi connectivity index (χ3n) is 3.41. The molecule has 1 aromatic carbocycles. The maximum absolute atomic E-state index is 10.7. The summed E-state index contributed by atoms with van der Waals surface area (Å²) < 4.78 is 5.34. The normalized spacial score (nSPS) is 16.0. The molecule has 20 heavy (non-hydrogen) atoms. The Hall–Kier alpha value is -1.10. The van der Waals surface area contributed by atoms with Crippen LogP contribution in [0.5, 0.6) is 5.75 Å². The highest BCUT2D eigenvalue weighted by Crippen LogP contribution is 2.30. The molecule has 0 spiro atoms. The van der Waals surface area contributed by atoms with Crippen LogP contribution in [0, 0.1) is 12.8 Å². The van der Waals surface area contributed by atoms with Gasteiger partial charge < -0.3 is 20.3 Å². The first-order valence-electron chi connectivity index (χ1n) is 7.10. The highest BCUT2D eigenvalue weighted by Gasteiger charge is 2.26. The van der Waals surface area contributed by atoms with Crippen LogP contribution in [0.3, 0.4) is 0 Å². The minimum atomic E-state index is -0.677. The van der Waals surface area contributed by atoms with Crippen LogP contribution in [-0.4, -0.2) is 36.0 Å². The first-order chi connectivity index (χ1) is 9.36. The Balaban J connectivity index is 2.99. The Morgan fingerprint density at radius 2 is 1.85 bits per heavy atom. The first-order valence-corrected chi connectivity index (χ1v) is 7.10. The van der Waals surface area contributed by atoms with Crippen LogP contribution in [0.15, 0.2) is 18.2 Å². The molecule has 114 valence electrons. The van der Waals surface area contributed by atoms with Crippen LogP contribution >= 0.6 is 0 Å². The van der Waals surface area contributed by atoms with E-state index in [1.54, 1.807) is 14.0 Å². The third kappa shape index (κ3) is 4.47. The van der Waals surface area contributed by atoms with Crippen molar-refractivity contribution in [2.45, 2.75) is 45.9 Å². The van der Waals surface area contributed by atoms with E-state index in [1.165, 1.54) is 0 Å². The number of hydrogen-bond acceptors (Lipinski definition) is 4. The van der Waals surface area contributed by atoms with Crippen molar-refractivity contribution in [3.05, 3.63) is 29.3 Å². The van der Waals surface area contributed by atoms with Gasteiger partial charge in [0, 0.05) is 18.2 Å². The zero-order valence-corrected chi connectivity index (χ0v) is 13.1. The Morgan fingerprint density at radius 1 is 1.20 bits per heavy atom. The molecule has 0 radical (unpaired) electrons. The highest BCUT2D eigenvalue weighted by molar-refractivity contribution is 5.39. The van der Waals surface area contributed by atoms with Gasteiger partial charge >= 0.3 is 0 Å². The van der Waals surface area contributed by atoms with Gasteiger partial charge in [0.1, 0.15) is 5.75 Å².